The minimum absolute atomic E-state index is 0.237. The predicted molar refractivity (Wildman–Crippen MR) is 70.6 cm³/mol. The number of hydrogen-bond acceptors (Lipinski definition) is 4. The van der Waals surface area contributed by atoms with Crippen molar-refractivity contribution < 1.29 is 23.4 Å². The van der Waals surface area contributed by atoms with Gasteiger partial charge < -0.3 is 10.2 Å². The molecule has 0 fully saturated rings. The van der Waals surface area contributed by atoms with Crippen LogP contribution in [0.3, 0.4) is 0 Å². The maximum atomic E-state index is 12.8. The second kappa shape index (κ2) is 4.79. The van der Waals surface area contributed by atoms with E-state index < -0.39 is 17.7 Å². The number of halogens is 3. The number of hydrogen-bond donors (Lipinski definition) is 2. The van der Waals surface area contributed by atoms with Gasteiger partial charge in [-0.15, -0.1) is 5.10 Å². The molecule has 0 radical (unpaired) electrons. The van der Waals surface area contributed by atoms with Crippen LogP contribution < -0.4 is 0 Å². The van der Waals surface area contributed by atoms with Gasteiger partial charge in [0.25, 0.3) is 0 Å². The van der Waals surface area contributed by atoms with Crippen LogP contribution in [0.5, 0.6) is 0 Å². The van der Waals surface area contributed by atoms with Gasteiger partial charge in [0, 0.05) is 5.56 Å². The third-order valence-corrected chi connectivity index (χ3v) is 3.24. The summed E-state index contributed by atoms with van der Waals surface area (Å²) in [5, 5.41) is 26.4. The largest absolute Gasteiger partial charge is 0.449 e. The zero-order valence-corrected chi connectivity index (χ0v) is 11.0. The molecule has 0 aliphatic carbocycles. The molecule has 0 saturated carbocycles. The van der Waals surface area contributed by atoms with Crippen molar-refractivity contribution in [3.8, 4) is 11.3 Å². The summed E-state index contributed by atoms with van der Waals surface area (Å²) in [4.78, 5) is 0. The quantitative estimate of drug-likeness (QED) is 0.711. The number of rotatable bonds is 2. The van der Waals surface area contributed by atoms with Crippen molar-refractivity contribution in [2.75, 3.05) is 0 Å². The van der Waals surface area contributed by atoms with Gasteiger partial charge >= 0.3 is 12.0 Å². The van der Waals surface area contributed by atoms with E-state index in [2.05, 4.69) is 10.3 Å². The van der Waals surface area contributed by atoms with Gasteiger partial charge in [0.05, 0.1) is 5.52 Å². The minimum Gasteiger partial charge on any atom is -0.354 e. The van der Waals surface area contributed by atoms with Crippen LogP contribution in [0.25, 0.3) is 16.8 Å². The van der Waals surface area contributed by atoms with Crippen molar-refractivity contribution in [2.45, 2.75) is 12.0 Å². The zero-order chi connectivity index (χ0) is 16.0. The summed E-state index contributed by atoms with van der Waals surface area (Å²) in [6, 6.07) is 12.5. The van der Waals surface area contributed by atoms with Gasteiger partial charge in [0.2, 0.25) is 0 Å². The fraction of sp³-hybridized carbons (Fsp3) is 0.143. The normalized spacial score (nSPS) is 12.8. The molecular weight excluding hydrogens is 299 g/mol. The first kappa shape index (κ1) is 14.5. The van der Waals surface area contributed by atoms with Crippen molar-refractivity contribution in [1.82, 2.24) is 14.8 Å². The third kappa shape index (κ3) is 2.13. The smallest absolute Gasteiger partial charge is 0.354 e. The molecule has 0 aliphatic rings. The van der Waals surface area contributed by atoms with Crippen LogP contribution in [0.15, 0.2) is 48.5 Å². The van der Waals surface area contributed by atoms with Gasteiger partial charge in [-0.2, -0.15) is 13.2 Å². The van der Waals surface area contributed by atoms with Crippen LogP contribution in [0.1, 0.15) is 5.69 Å². The van der Waals surface area contributed by atoms with E-state index in [1.807, 2.05) is 0 Å². The summed E-state index contributed by atoms with van der Waals surface area (Å²) in [7, 11) is 0. The van der Waals surface area contributed by atoms with Crippen molar-refractivity contribution in [3.05, 3.63) is 54.2 Å². The van der Waals surface area contributed by atoms with Gasteiger partial charge in [-0.3, -0.25) is 0 Å². The van der Waals surface area contributed by atoms with Gasteiger partial charge in [0.15, 0.2) is 0 Å². The third-order valence-electron chi connectivity index (χ3n) is 3.24. The Morgan fingerprint density at radius 1 is 0.909 bits per heavy atom. The average Bonchev–Trinajstić information content (AvgIpc) is 2.90. The summed E-state index contributed by atoms with van der Waals surface area (Å²) < 4.78 is 39.2. The molecule has 2 heterocycles. The van der Waals surface area contributed by atoms with Crippen molar-refractivity contribution in [3.63, 3.8) is 0 Å². The molecule has 0 bridgehead atoms. The Morgan fingerprint density at radius 2 is 1.59 bits per heavy atom. The van der Waals surface area contributed by atoms with E-state index in [-0.39, 0.29) is 5.52 Å². The highest BCUT2D eigenvalue weighted by molar-refractivity contribution is 5.76. The fourth-order valence-corrected chi connectivity index (χ4v) is 2.13. The Kier molecular flexibility index (Phi) is 3.15. The molecular formula is C14H10F3N3O2. The molecule has 2 N–H and O–H groups in total. The Labute approximate surface area is 122 Å². The van der Waals surface area contributed by atoms with E-state index in [1.165, 1.54) is 12.1 Å². The summed E-state index contributed by atoms with van der Waals surface area (Å²) in [5.74, 6) is -4.02. The Bertz CT molecular complexity index is 813. The minimum atomic E-state index is -5.26. The van der Waals surface area contributed by atoms with Crippen LogP contribution in [0.4, 0.5) is 13.2 Å². The number of aliphatic hydroxyl groups is 2. The monoisotopic (exact) mass is 309 g/mol. The number of alkyl halides is 3. The Balaban J connectivity index is 2.23. The Hall–Kier alpha value is -2.45. The Morgan fingerprint density at radius 3 is 2.23 bits per heavy atom. The lowest BCUT2D eigenvalue weighted by Crippen LogP contribution is -2.43. The van der Waals surface area contributed by atoms with Crippen LogP contribution in [-0.2, 0) is 5.79 Å². The van der Waals surface area contributed by atoms with E-state index >= 15 is 0 Å². The van der Waals surface area contributed by atoms with E-state index in [1.54, 1.807) is 30.3 Å². The fourth-order valence-electron chi connectivity index (χ4n) is 2.13. The number of nitrogens with zero attached hydrogens (tertiary/aromatic N) is 3. The molecule has 0 amide bonds. The summed E-state index contributed by atoms with van der Waals surface area (Å²) in [6.45, 7) is 0. The molecule has 5 nitrogen and oxygen atoms in total. The summed E-state index contributed by atoms with van der Waals surface area (Å²) in [5.41, 5.74) is 0.413. The number of fused-ring (bicyclic) bond motifs is 1. The standard InChI is InChI=1S/C14H10F3N3O2/c15-14(16,17)13(21,22)11-8-4-7-10-12(18-19-20(10)11)9-5-2-1-3-6-9/h1-8,21-22H. The highest BCUT2D eigenvalue weighted by Gasteiger charge is 2.56. The molecule has 0 atom stereocenters. The molecule has 3 aromatic rings. The lowest BCUT2D eigenvalue weighted by Gasteiger charge is -2.24. The first-order valence-corrected chi connectivity index (χ1v) is 6.24. The van der Waals surface area contributed by atoms with E-state index in [9.17, 15) is 23.4 Å². The molecule has 114 valence electrons. The van der Waals surface area contributed by atoms with Gasteiger partial charge in [-0.1, -0.05) is 41.6 Å². The maximum absolute atomic E-state index is 12.8. The highest BCUT2D eigenvalue weighted by atomic mass is 19.4. The topological polar surface area (TPSA) is 70.7 Å². The second-order valence-electron chi connectivity index (χ2n) is 4.68. The number of benzene rings is 1. The van der Waals surface area contributed by atoms with Gasteiger partial charge in [-0.05, 0) is 12.1 Å². The summed E-state index contributed by atoms with van der Waals surface area (Å²) in [6.07, 6.45) is -5.26. The molecule has 0 aliphatic heterocycles. The first-order valence-electron chi connectivity index (χ1n) is 6.24. The molecule has 8 heteroatoms. The van der Waals surface area contributed by atoms with E-state index in [4.69, 9.17) is 0 Å². The van der Waals surface area contributed by atoms with Crippen molar-refractivity contribution >= 4 is 5.52 Å². The van der Waals surface area contributed by atoms with E-state index in [0.29, 0.717) is 11.3 Å². The molecule has 22 heavy (non-hydrogen) atoms. The second-order valence-corrected chi connectivity index (χ2v) is 4.68. The lowest BCUT2D eigenvalue weighted by molar-refractivity contribution is -0.360. The molecule has 3 rings (SSSR count). The van der Waals surface area contributed by atoms with Crippen LogP contribution in [-0.4, -0.2) is 31.2 Å². The van der Waals surface area contributed by atoms with E-state index in [0.717, 1.165) is 10.6 Å². The maximum Gasteiger partial charge on any atom is 0.449 e. The van der Waals surface area contributed by atoms with Crippen LogP contribution in [0, 0.1) is 0 Å². The van der Waals surface area contributed by atoms with Gasteiger partial charge in [0.1, 0.15) is 11.4 Å². The van der Waals surface area contributed by atoms with Crippen LogP contribution in [0.2, 0.25) is 0 Å². The summed E-state index contributed by atoms with van der Waals surface area (Å²) >= 11 is 0. The lowest BCUT2D eigenvalue weighted by atomic mass is 10.1. The zero-order valence-electron chi connectivity index (χ0n) is 11.0. The SMILES string of the molecule is OC(O)(c1cccc2c(-c3ccccc3)nnn12)C(F)(F)F. The van der Waals surface area contributed by atoms with Crippen molar-refractivity contribution in [2.24, 2.45) is 0 Å². The first-order chi connectivity index (χ1) is 10.3. The highest BCUT2D eigenvalue weighted by Crippen LogP contribution is 2.37. The predicted octanol–water partition coefficient (Wildman–Crippen LogP) is 2.10. The molecule has 0 saturated heterocycles. The molecule has 0 spiro atoms. The van der Waals surface area contributed by atoms with Crippen molar-refractivity contribution in [1.29, 1.82) is 0 Å². The van der Waals surface area contributed by atoms with Crippen LogP contribution >= 0.6 is 0 Å². The molecule has 0 unspecified atom stereocenters. The number of aromatic nitrogens is 3. The molecule has 2 aromatic heterocycles. The number of pyridine rings is 1. The average molecular weight is 309 g/mol. The molecule has 1 aromatic carbocycles. The van der Waals surface area contributed by atoms with Gasteiger partial charge in [-0.25, -0.2) is 4.52 Å².